The fourth-order valence-electron chi connectivity index (χ4n) is 4.80. The number of ether oxygens (including phenoxy) is 1. The van der Waals surface area contributed by atoms with Crippen LogP contribution in [0.1, 0.15) is 62.8 Å². The quantitative estimate of drug-likeness (QED) is 0.429. The molecule has 0 unspecified atom stereocenters. The summed E-state index contributed by atoms with van der Waals surface area (Å²) in [5, 5.41) is 3.16. The molecule has 4 rings (SSSR count). The van der Waals surface area contributed by atoms with Crippen LogP contribution in [0.5, 0.6) is 5.75 Å². The van der Waals surface area contributed by atoms with Crippen molar-refractivity contribution in [3.05, 3.63) is 59.9 Å². The first-order chi connectivity index (χ1) is 15.8. The van der Waals surface area contributed by atoms with Crippen LogP contribution in [0, 0.1) is 5.92 Å². The minimum atomic E-state index is 0.249. The summed E-state index contributed by atoms with van der Waals surface area (Å²) in [7, 11) is 1.72. The Morgan fingerprint density at radius 3 is 2.66 bits per heavy atom. The SMILES string of the molecule is COc1ccccc1Cn1c(CCCCCNC(=O)C2CCCCC2)nc2ccccc21. The molecule has 0 saturated heterocycles. The van der Waals surface area contributed by atoms with Gasteiger partial charge in [-0.2, -0.15) is 0 Å². The summed E-state index contributed by atoms with van der Waals surface area (Å²) in [5.74, 6) is 2.54. The Labute approximate surface area is 191 Å². The monoisotopic (exact) mass is 433 g/mol. The standard InChI is InChI=1S/C27H35N3O2/c1-32-25-17-10-7-14-22(25)20-30-24-16-9-8-15-23(24)29-26(30)18-6-3-11-19-28-27(31)21-12-4-2-5-13-21/h7-10,14-17,21H,2-6,11-13,18-20H2,1H3,(H,28,31). The number of fused-ring (bicyclic) bond motifs is 1. The number of aromatic nitrogens is 2. The Bertz CT molecular complexity index is 1020. The fourth-order valence-corrected chi connectivity index (χ4v) is 4.80. The van der Waals surface area contributed by atoms with Gasteiger partial charge in [0.1, 0.15) is 11.6 Å². The highest BCUT2D eigenvalue weighted by molar-refractivity contribution is 5.78. The lowest BCUT2D eigenvalue weighted by Crippen LogP contribution is -2.32. The molecule has 5 heteroatoms. The Kier molecular flexibility index (Phi) is 7.81. The molecule has 2 aromatic carbocycles. The summed E-state index contributed by atoms with van der Waals surface area (Å²) in [6.07, 6.45) is 9.92. The zero-order valence-corrected chi connectivity index (χ0v) is 19.2. The number of methoxy groups -OCH3 is 1. The summed E-state index contributed by atoms with van der Waals surface area (Å²) >= 11 is 0. The van der Waals surface area contributed by atoms with Gasteiger partial charge in [-0.05, 0) is 43.9 Å². The van der Waals surface area contributed by atoms with E-state index in [0.29, 0.717) is 0 Å². The first-order valence-corrected chi connectivity index (χ1v) is 12.1. The number of hydrogen-bond donors (Lipinski definition) is 1. The predicted molar refractivity (Wildman–Crippen MR) is 129 cm³/mol. The van der Waals surface area contributed by atoms with Crippen molar-refractivity contribution in [2.24, 2.45) is 5.92 Å². The van der Waals surface area contributed by atoms with Gasteiger partial charge in [0.15, 0.2) is 0 Å². The second-order valence-electron chi connectivity index (χ2n) is 8.85. The average Bonchev–Trinajstić information content (AvgIpc) is 3.19. The number of imidazole rings is 1. The fraction of sp³-hybridized carbons (Fsp3) is 0.481. The molecule has 1 saturated carbocycles. The zero-order chi connectivity index (χ0) is 22.2. The van der Waals surface area contributed by atoms with Crippen molar-refractivity contribution in [1.82, 2.24) is 14.9 Å². The molecule has 5 nitrogen and oxygen atoms in total. The number of aryl methyl sites for hydroxylation is 1. The van der Waals surface area contributed by atoms with Crippen LogP contribution in [-0.4, -0.2) is 29.1 Å². The van der Waals surface area contributed by atoms with Crippen molar-refractivity contribution >= 4 is 16.9 Å². The topological polar surface area (TPSA) is 56.1 Å². The molecule has 1 N–H and O–H groups in total. The lowest BCUT2D eigenvalue weighted by molar-refractivity contribution is -0.125. The molecule has 32 heavy (non-hydrogen) atoms. The third kappa shape index (κ3) is 5.50. The Balaban J connectivity index is 1.33. The summed E-state index contributed by atoms with van der Waals surface area (Å²) in [6.45, 7) is 1.53. The van der Waals surface area contributed by atoms with E-state index in [2.05, 4.69) is 40.2 Å². The van der Waals surface area contributed by atoms with E-state index >= 15 is 0 Å². The van der Waals surface area contributed by atoms with Gasteiger partial charge in [0.2, 0.25) is 5.91 Å². The predicted octanol–water partition coefficient (Wildman–Crippen LogP) is 5.50. The van der Waals surface area contributed by atoms with E-state index in [1.54, 1.807) is 7.11 Å². The summed E-state index contributed by atoms with van der Waals surface area (Å²) in [6, 6.07) is 16.5. The smallest absolute Gasteiger partial charge is 0.223 e. The molecule has 1 aromatic heterocycles. The number of nitrogens with zero attached hydrogens (tertiary/aromatic N) is 2. The molecular formula is C27H35N3O2. The van der Waals surface area contributed by atoms with E-state index < -0.39 is 0 Å². The zero-order valence-electron chi connectivity index (χ0n) is 19.2. The van der Waals surface area contributed by atoms with E-state index in [1.165, 1.54) is 19.3 Å². The third-order valence-corrected chi connectivity index (χ3v) is 6.61. The molecular weight excluding hydrogens is 398 g/mol. The van der Waals surface area contributed by atoms with Crippen LogP contribution < -0.4 is 10.1 Å². The number of para-hydroxylation sites is 3. The first kappa shape index (κ1) is 22.4. The van der Waals surface area contributed by atoms with Crippen LogP contribution in [0.3, 0.4) is 0 Å². The van der Waals surface area contributed by atoms with Crippen molar-refractivity contribution in [3.8, 4) is 5.75 Å². The van der Waals surface area contributed by atoms with Crippen LogP contribution >= 0.6 is 0 Å². The van der Waals surface area contributed by atoms with Gasteiger partial charge in [-0.1, -0.05) is 56.0 Å². The number of amides is 1. The van der Waals surface area contributed by atoms with E-state index in [9.17, 15) is 4.79 Å². The Morgan fingerprint density at radius 2 is 1.81 bits per heavy atom. The Morgan fingerprint density at radius 1 is 1.03 bits per heavy atom. The van der Waals surface area contributed by atoms with Crippen LogP contribution in [0.2, 0.25) is 0 Å². The maximum absolute atomic E-state index is 12.3. The molecule has 0 spiro atoms. The molecule has 3 aromatic rings. The van der Waals surface area contributed by atoms with Crippen LogP contribution in [-0.2, 0) is 17.8 Å². The number of carbonyl (C=O) groups excluding carboxylic acids is 1. The van der Waals surface area contributed by atoms with Crippen molar-refractivity contribution in [1.29, 1.82) is 0 Å². The number of unbranched alkanes of at least 4 members (excludes halogenated alkanes) is 2. The number of hydrogen-bond acceptors (Lipinski definition) is 3. The molecule has 1 aliphatic rings. The molecule has 1 amide bonds. The van der Waals surface area contributed by atoms with Gasteiger partial charge in [0.05, 0.1) is 24.7 Å². The van der Waals surface area contributed by atoms with E-state index in [0.717, 1.165) is 79.8 Å². The van der Waals surface area contributed by atoms with Gasteiger partial charge in [0, 0.05) is 24.4 Å². The second kappa shape index (κ2) is 11.2. The highest BCUT2D eigenvalue weighted by Gasteiger charge is 2.20. The largest absolute Gasteiger partial charge is 0.496 e. The van der Waals surface area contributed by atoms with Crippen molar-refractivity contribution in [3.63, 3.8) is 0 Å². The molecule has 1 fully saturated rings. The van der Waals surface area contributed by atoms with E-state index in [-0.39, 0.29) is 11.8 Å². The third-order valence-electron chi connectivity index (χ3n) is 6.61. The highest BCUT2D eigenvalue weighted by Crippen LogP contribution is 2.25. The number of carbonyl (C=O) groups is 1. The molecule has 0 radical (unpaired) electrons. The van der Waals surface area contributed by atoms with Crippen molar-refractivity contribution in [2.75, 3.05) is 13.7 Å². The van der Waals surface area contributed by atoms with Gasteiger partial charge < -0.3 is 14.6 Å². The number of benzene rings is 2. The molecule has 170 valence electrons. The first-order valence-electron chi connectivity index (χ1n) is 12.1. The second-order valence-corrected chi connectivity index (χ2v) is 8.85. The highest BCUT2D eigenvalue weighted by atomic mass is 16.5. The Hall–Kier alpha value is -2.82. The van der Waals surface area contributed by atoms with Crippen molar-refractivity contribution < 1.29 is 9.53 Å². The summed E-state index contributed by atoms with van der Waals surface area (Å²) in [5.41, 5.74) is 3.36. The molecule has 0 bridgehead atoms. The molecule has 0 aliphatic heterocycles. The molecule has 1 aliphatic carbocycles. The van der Waals surface area contributed by atoms with Crippen LogP contribution in [0.4, 0.5) is 0 Å². The average molecular weight is 434 g/mol. The normalized spacial score (nSPS) is 14.5. The van der Waals surface area contributed by atoms with Gasteiger partial charge in [-0.3, -0.25) is 4.79 Å². The summed E-state index contributed by atoms with van der Waals surface area (Å²) < 4.78 is 7.88. The van der Waals surface area contributed by atoms with Gasteiger partial charge in [0.25, 0.3) is 0 Å². The minimum Gasteiger partial charge on any atom is -0.496 e. The molecule has 0 atom stereocenters. The maximum Gasteiger partial charge on any atom is 0.223 e. The van der Waals surface area contributed by atoms with Crippen LogP contribution in [0.25, 0.3) is 11.0 Å². The lowest BCUT2D eigenvalue weighted by Gasteiger charge is -2.20. The van der Waals surface area contributed by atoms with Crippen molar-refractivity contribution in [2.45, 2.75) is 64.3 Å². The van der Waals surface area contributed by atoms with Crippen LogP contribution in [0.15, 0.2) is 48.5 Å². The van der Waals surface area contributed by atoms with Gasteiger partial charge in [-0.15, -0.1) is 0 Å². The minimum absolute atomic E-state index is 0.249. The molecule has 1 heterocycles. The maximum atomic E-state index is 12.3. The number of nitrogens with one attached hydrogen (secondary N) is 1. The van der Waals surface area contributed by atoms with E-state index in [4.69, 9.17) is 9.72 Å². The number of rotatable bonds is 10. The van der Waals surface area contributed by atoms with Gasteiger partial charge >= 0.3 is 0 Å². The summed E-state index contributed by atoms with van der Waals surface area (Å²) in [4.78, 5) is 17.2. The van der Waals surface area contributed by atoms with E-state index in [1.807, 2.05) is 18.2 Å². The lowest BCUT2D eigenvalue weighted by atomic mass is 9.89. The van der Waals surface area contributed by atoms with Gasteiger partial charge in [-0.25, -0.2) is 4.98 Å².